The molecule has 0 saturated heterocycles. The van der Waals surface area contributed by atoms with Crippen molar-refractivity contribution in [3.63, 3.8) is 0 Å². The average Bonchev–Trinajstić information content (AvgIpc) is 3.77. The standard InChI is InChI=1S/2C18H15P.C6H5N5.BF4.Cu/c2*1-4-10-16(11-5-1)19(17-12-6-2-7-13-17)18-14-8-3-9-15-18;1-2-4-7-5(3-1)6-8-10-11-9-6;2-1(3,4)5;/h2*1-15H;1-4H,(H,8,9,10,11);;/q;;;-1;+1/p+2. The zero-order valence-corrected chi connectivity index (χ0v) is 32.3. The van der Waals surface area contributed by atoms with Gasteiger partial charge in [-0.3, -0.25) is 4.98 Å². The first kappa shape index (κ1) is 42.4. The van der Waals surface area contributed by atoms with E-state index in [-0.39, 0.29) is 17.1 Å². The van der Waals surface area contributed by atoms with E-state index in [4.69, 9.17) is 0 Å². The van der Waals surface area contributed by atoms with Gasteiger partial charge in [0.15, 0.2) is 5.82 Å². The molecule has 0 unspecified atom stereocenters. The monoisotopic (exact) mass is 823 g/mol. The van der Waals surface area contributed by atoms with Crippen LogP contribution in [0.2, 0.25) is 0 Å². The average molecular weight is 824 g/mol. The van der Waals surface area contributed by atoms with E-state index < -0.39 is 23.1 Å². The van der Waals surface area contributed by atoms with Gasteiger partial charge in [-0.2, -0.15) is 0 Å². The topological polar surface area (TPSA) is 67.3 Å². The summed E-state index contributed by atoms with van der Waals surface area (Å²) in [6, 6.07) is 70.6. The second-order valence-electron chi connectivity index (χ2n) is 11.4. The van der Waals surface area contributed by atoms with Crippen molar-refractivity contribution in [2.45, 2.75) is 0 Å². The molecule has 6 aromatic carbocycles. The molecule has 55 heavy (non-hydrogen) atoms. The smallest absolute Gasteiger partial charge is 0.418 e. The molecule has 2 heterocycles. The molecule has 0 aliphatic rings. The Kier molecular flexibility index (Phi) is 17.6. The van der Waals surface area contributed by atoms with E-state index in [1.165, 1.54) is 31.8 Å². The van der Waals surface area contributed by atoms with Crippen LogP contribution in [-0.2, 0) is 17.1 Å². The van der Waals surface area contributed by atoms with Crippen molar-refractivity contribution in [3.8, 4) is 11.5 Å². The van der Waals surface area contributed by atoms with Crippen LogP contribution in [0.1, 0.15) is 0 Å². The quantitative estimate of drug-likeness (QED) is 0.101. The zero-order valence-electron chi connectivity index (χ0n) is 29.3. The fraction of sp³-hybridized carbons (Fsp3) is 0. The van der Waals surface area contributed by atoms with Gasteiger partial charge in [0.2, 0.25) is 0 Å². The molecule has 0 fully saturated rings. The van der Waals surface area contributed by atoms with E-state index in [0.717, 1.165) is 5.69 Å². The van der Waals surface area contributed by atoms with Crippen LogP contribution in [0.15, 0.2) is 206 Å². The fourth-order valence-corrected chi connectivity index (χ4v) is 10.6. The number of hydrogen-bond donors (Lipinski definition) is 1. The number of nitrogens with zero attached hydrogens (tertiary/aromatic N) is 4. The molecular weight excluding hydrogens is 787 g/mol. The van der Waals surface area contributed by atoms with Crippen molar-refractivity contribution in [1.29, 1.82) is 0 Å². The molecule has 5 nitrogen and oxygen atoms in total. The summed E-state index contributed by atoms with van der Waals surface area (Å²) < 4.78 is 39.0. The van der Waals surface area contributed by atoms with Crippen LogP contribution in [0.25, 0.3) is 11.5 Å². The Bertz CT molecular complexity index is 1850. The molecule has 0 aliphatic carbocycles. The summed E-state index contributed by atoms with van der Waals surface area (Å²) in [7, 11) is -7.75. The van der Waals surface area contributed by atoms with E-state index >= 15 is 0 Å². The molecular formula is C42H37BCuF4N5P2+2. The normalized spacial score (nSPS) is 10.4. The summed E-state index contributed by atoms with van der Waals surface area (Å²) in [4.78, 5) is 4.05. The van der Waals surface area contributed by atoms with E-state index in [9.17, 15) is 17.3 Å². The van der Waals surface area contributed by atoms with Crippen LogP contribution in [0.4, 0.5) is 17.3 Å². The second-order valence-corrected chi connectivity index (χ2v) is 16.4. The molecule has 0 amide bonds. The largest absolute Gasteiger partial charge is 1.00 e. The Morgan fingerprint density at radius 1 is 0.400 bits per heavy atom. The third-order valence-electron chi connectivity index (χ3n) is 7.63. The number of pyridine rings is 1. The van der Waals surface area contributed by atoms with E-state index in [1.807, 2.05) is 18.2 Å². The SMILES string of the molecule is F[B-](F)(F)F.[Cu+].c1ccc(-c2nnn[nH]2)nc1.c1ccc([PH+](c2ccccc2)c2ccccc2)cc1.c1ccc([PH+](c2ccccc2)c2ccccc2)cc1. The van der Waals surface area contributed by atoms with Gasteiger partial charge in [0.25, 0.3) is 0 Å². The predicted molar refractivity (Wildman–Crippen MR) is 221 cm³/mol. The van der Waals surface area contributed by atoms with Gasteiger partial charge in [-0.25, -0.2) is 5.10 Å². The molecule has 0 radical (unpaired) electrons. The minimum atomic E-state index is -6.00. The Morgan fingerprint density at radius 2 is 0.673 bits per heavy atom. The Morgan fingerprint density at radius 3 is 0.891 bits per heavy atom. The van der Waals surface area contributed by atoms with Crippen molar-refractivity contribution < 1.29 is 34.3 Å². The maximum Gasteiger partial charge on any atom is 1.00 e. The van der Waals surface area contributed by atoms with Gasteiger partial charge < -0.3 is 17.3 Å². The van der Waals surface area contributed by atoms with Gasteiger partial charge in [0.05, 0.1) is 15.8 Å². The minimum absolute atomic E-state index is 0. The Balaban J connectivity index is 0.000000176. The summed E-state index contributed by atoms with van der Waals surface area (Å²) >= 11 is 0. The summed E-state index contributed by atoms with van der Waals surface area (Å²) in [5, 5.41) is 21.8. The molecule has 2 aromatic heterocycles. The van der Waals surface area contributed by atoms with Crippen LogP contribution in [0.5, 0.6) is 0 Å². The Labute approximate surface area is 331 Å². The van der Waals surface area contributed by atoms with Crippen molar-refractivity contribution in [1.82, 2.24) is 25.6 Å². The molecule has 13 heteroatoms. The van der Waals surface area contributed by atoms with Gasteiger partial charge in [0, 0.05) is 6.20 Å². The maximum atomic E-state index is 9.75. The first-order chi connectivity index (χ1) is 26.4. The van der Waals surface area contributed by atoms with Crippen molar-refractivity contribution in [2.75, 3.05) is 0 Å². The first-order valence-electron chi connectivity index (χ1n) is 17.0. The van der Waals surface area contributed by atoms with Gasteiger partial charge in [-0.1, -0.05) is 115 Å². The summed E-state index contributed by atoms with van der Waals surface area (Å²) in [5.74, 6) is 0.589. The molecule has 0 aliphatic heterocycles. The summed E-state index contributed by atoms with van der Waals surface area (Å²) in [5.41, 5.74) is 0.748. The van der Waals surface area contributed by atoms with E-state index in [2.05, 4.69) is 208 Å². The molecule has 0 atom stereocenters. The first-order valence-corrected chi connectivity index (χ1v) is 20.0. The predicted octanol–water partition coefficient (Wildman–Crippen LogP) is 7.91. The Hall–Kier alpha value is -5.30. The van der Waals surface area contributed by atoms with Gasteiger partial charge in [-0.05, 0) is 95.4 Å². The zero-order chi connectivity index (χ0) is 37.9. The molecule has 0 saturated carbocycles. The van der Waals surface area contributed by atoms with Gasteiger partial charge >= 0.3 is 24.3 Å². The van der Waals surface area contributed by atoms with Crippen molar-refractivity contribution >= 4 is 54.9 Å². The van der Waals surface area contributed by atoms with Crippen molar-refractivity contribution in [2.24, 2.45) is 0 Å². The molecule has 8 rings (SSSR count). The number of tetrazole rings is 1. The molecule has 280 valence electrons. The number of aromatic amines is 1. The number of aromatic nitrogens is 5. The number of rotatable bonds is 7. The maximum absolute atomic E-state index is 9.75. The third kappa shape index (κ3) is 14.5. The number of benzene rings is 6. The van der Waals surface area contributed by atoms with Crippen LogP contribution in [0.3, 0.4) is 0 Å². The fourth-order valence-electron chi connectivity index (χ4n) is 5.40. The van der Waals surface area contributed by atoms with Crippen molar-refractivity contribution in [3.05, 3.63) is 206 Å². The molecule has 0 spiro atoms. The van der Waals surface area contributed by atoms with E-state index in [1.54, 1.807) is 6.20 Å². The minimum Gasteiger partial charge on any atom is -0.418 e. The molecule has 8 aromatic rings. The van der Waals surface area contributed by atoms with Gasteiger partial charge in [-0.15, -0.1) is 5.10 Å². The summed E-state index contributed by atoms with van der Waals surface area (Å²) in [6.07, 6.45) is 1.69. The third-order valence-corrected chi connectivity index (χ3v) is 13.1. The van der Waals surface area contributed by atoms with Crippen LogP contribution in [0, 0.1) is 0 Å². The molecule has 1 N–H and O–H groups in total. The number of nitrogens with one attached hydrogen (secondary N) is 1. The second kappa shape index (κ2) is 22.8. The van der Waals surface area contributed by atoms with Crippen LogP contribution < -0.4 is 31.8 Å². The number of H-pyrrole nitrogens is 1. The molecule has 0 bridgehead atoms. The number of halogens is 4. The van der Waals surface area contributed by atoms with Crippen LogP contribution >= 0.6 is 15.8 Å². The number of hydrogen-bond acceptors (Lipinski definition) is 4. The van der Waals surface area contributed by atoms with E-state index in [0.29, 0.717) is 5.82 Å². The van der Waals surface area contributed by atoms with Crippen LogP contribution in [-0.4, -0.2) is 32.9 Å². The summed E-state index contributed by atoms with van der Waals surface area (Å²) in [6.45, 7) is 0. The van der Waals surface area contributed by atoms with Gasteiger partial charge in [0.1, 0.15) is 37.5 Å².